The third-order valence-electron chi connectivity index (χ3n) is 3.68. The van der Waals surface area contributed by atoms with Crippen LogP contribution in [-0.4, -0.2) is 45.7 Å². The van der Waals surface area contributed by atoms with Crippen molar-refractivity contribution in [3.8, 4) is 0 Å². The smallest absolute Gasteiger partial charge is 0.328 e. The van der Waals surface area contributed by atoms with E-state index in [0.717, 1.165) is 6.08 Å². The van der Waals surface area contributed by atoms with Gasteiger partial charge in [-0.05, 0) is 43.5 Å². The summed E-state index contributed by atoms with van der Waals surface area (Å²) in [5.41, 5.74) is 0.513. The SMILES string of the molecule is CC1(O)CCN(C(=O)c2cccc(/C=C/C(=O)O)c2)CC1. The molecule has 1 heterocycles. The van der Waals surface area contributed by atoms with Crippen LogP contribution in [0.2, 0.25) is 0 Å². The number of benzene rings is 1. The van der Waals surface area contributed by atoms with E-state index in [9.17, 15) is 14.7 Å². The highest BCUT2D eigenvalue weighted by molar-refractivity contribution is 5.95. The predicted molar refractivity (Wildman–Crippen MR) is 78.9 cm³/mol. The molecule has 0 saturated carbocycles. The molecule has 0 bridgehead atoms. The highest BCUT2D eigenvalue weighted by Gasteiger charge is 2.29. The molecular weight excluding hydrogens is 270 g/mol. The number of nitrogens with zero attached hydrogens (tertiary/aromatic N) is 1. The molecule has 0 unspecified atom stereocenters. The molecule has 2 rings (SSSR count). The van der Waals surface area contributed by atoms with Crippen LogP contribution in [0, 0.1) is 0 Å². The normalized spacial score (nSPS) is 17.9. The molecule has 21 heavy (non-hydrogen) atoms. The quantitative estimate of drug-likeness (QED) is 0.831. The molecule has 1 amide bonds. The Hall–Kier alpha value is -2.14. The lowest BCUT2D eigenvalue weighted by atomic mass is 9.93. The molecule has 0 aliphatic carbocycles. The van der Waals surface area contributed by atoms with Gasteiger partial charge in [-0.2, -0.15) is 0 Å². The van der Waals surface area contributed by atoms with Crippen LogP contribution in [0.4, 0.5) is 0 Å². The van der Waals surface area contributed by atoms with Crippen molar-refractivity contribution in [2.24, 2.45) is 0 Å². The number of likely N-dealkylation sites (tertiary alicyclic amines) is 1. The minimum absolute atomic E-state index is 0.0870. The second kappa shape index (κ2) is 6.10. The van der Waals surface area contributed by atoms with Crippen LogP contribution in [-0.2, 0) is 4.79 Å². The monoisotopic (exact) mass is 289 g/mol. The number of carboxylic acids is 1. The third kappa shape index (κ3) is 4.16. The van der Waals surface area contributed by atoms with E-state index in [1.54, 1.807) is 36.1 Å². The Morgan fingerprint density at radius 2 is 1.95 bits per heavy atom. The van der Waals surface area contributed by atoms with E-state index in [-0.39, 0.29) is 5.91 Å². The largest absolute Gasteiger partial charge is 0.478 e. The zero-order chi connectivity index (χ0) is 15.5. The lowest BCUT2D eigenvalue weighted by Crippen LogP contribution is -2.45. The van der Waals surface area contributed by atoms with Gasteiger partial charge < -0.3 is 15.1 Å². The van der Waals surface area contributed by atoms with Gasteiger partial charge in [0.2, 0.25) is 0 Å². The predicted octanol–water partition coefficient (Wildman–Crippen LogP) is 1.77. The van der Waals surface area contributed by atoms with E-state index in [4.69, 9.17) is 5.11 Å². The first-order chi connectivity index (χ1) is 9.87. The summed E-state index contributed by atoms with van der Waals surface area (Å²) in [5.74, 6) is -1.11. The molecular formula is C16H19NO4. The van der Waals surface area contributed by atoms with Crippen LogP contribution in [0.3, 0.4) is 0 Å². The zero-order valence-electron chi connectivity index (χ0n) is 12.0. The number of hydrogen-bond donors (Lipinski definition) is 2. The van der Waals surface area contributed by atoms with Crippen molar-refractivity contribution in [2.75, 3.05) is 13.1 Å². The molecule has 0 spiro atoms. The summed E-state index contributed by atoms with van der Waals surface area (Å²) in [5, 5.41) is 18.5. The lowest BCUT2D eigenvalue weighted by Gasteiger charge is -2.35. The second-order valence-electron chi connectivity index (χ2n) is 5.59. The molecule has 5 heteroatoms. The Bertz CT molecular complexity index is 567. The Kier molecular flexibility index (Phi) is 4.43. The second-order valence-corrected chi connectivity index (χ2v) is 5.59. The van der Waals surface area contributed by atoms with Gasteiger partial charge in [0.25, 0.3) is 5.91 Å². The van der Waals surface area contributed by atoms with Gasteiger partial charge in [-0.1, -0.05) is 12.1 Å². The first-order valence-corrected chi connectivity index (χ1v) is 6.90. The molecule has 1 aromatic carbocycles. The van der Waals surface area contributed by atoms with Gasteiger partial charge in [-0.3, -0.25) is 4.79 Å². The number of carbonyl (C=O) groups is 2. The summed E-state index contributed by atoms with van der Waals surface area (Å²) in [6.45, 7) is 2.84. The van der Waals surface area contributed by atoms with Gasteiger partial charge in [-0.25, -0.2) is 4.79 Å². The van der Waals surface area contributed by atoms with E-state index in [1.165, 1.54) is 6.08 Å². The summed E-state index contributed by atoms with van der Waals surface area (Å²) >= 11 is 0. The summed E-state index contributed by atoms with van der Waals surface area (Å²) in [6, 6.07) is 6.87. The summed E-state index contributed by atoms with van der Waals surface area (Å²) < 4.78 is 0. The third-order valence-corrected chi connectivity index (χ3v) is 3.68. The molecule has 1 aliphatic heterocycles. The zero-order valence-corrected chi connectivity index (χ0v) is 12.0. The number of rotatable bonds is 3. The van der Waals surface area contributed by atoms with Crippen molar-refractivity contribution in [2.45, 2.75) is 25.4 Å². The maximum atomic E-state index is 12.4. The molecule has 0 atom stereocenters. The maximum absolute atomic E-state index is 12.4. The number of carboxylic acid groups (broad SMARTS) is 1. The first-order valence-electron chi connectivity index (χ1n) is 6.90. The Morgan fingerprint density at radius 3 is 2.57 bits per heavy atom. The van der Waals surface area contributed by atoms with Crippen LogP contribution in [0.5, 0.6) is 0 Å². The average Bonchev–Trinajstić information content (AvgIpc) is 2.45. The molecule has 1 aromatic rings. The fourth-order valence-electron chi connectivity index (χ4n) is 2.32. The van der Waals surface area contributed by atoms with Crippen LogP contribution in [0.25, 0.3) is 6.08 Å². The molecule has 0 radical (unpaired) electrons. The molecule has 5 nitrogen and oxygen atoms in total. The van der Waals surface area contributed by atoms with Gasteiger partial charge in [0, 0.05) is 24.7 Å². The van der Waals surface area contributed by atoms with Crippen LogP contribution in [0.15, 0.2) is 30.3 Å². The molecule has 1 saturated heterocycles. The molecule has 2 N–H and O–H groups in total. The lowest BCUT2D eigenvalue weighted by molar-refractivity contribution is -0.131. The molecule has 112 valence electrons. The summed E-state index contributed by atoms with van der Waals surface area (Å²) in [6.07, 6.45) is 3.64. The number of aliphatic carboxylic acids is 1. The van der Waals surface area contributed by atoms with E-state index in [2.05, 4.69) is 0 Å². The highest BCUT2D eigenvalue weighted by atomic mass is 16.4. The number of hydrogen-bond acceptors (Lipinski definition) is 3. The standard InChI is InChI=1S/C16H19NO4/c1-16(21)7-9-17(10-8-16)15(20)13-4-2-3-12(11-13)5-6-14(18)19/h2-6,11,21H,7-10H2,1H3,(H,18,19)/b6-5+. The topological polar surface area (TPSA) is 77.8 Å². The van der Waals surface area contributed by atoms with Gasteiger partial charge in [0.15, 0.2) is 0 Å². The fraction of sp³-hybridized carbons (Fsp3) is 0.375. The molecule has 1 fully saturated rings. The minimum atomic E-state index is -1.02. The van der Waals surface area contributed by atoms with Crippen molar-refractivity contribution >= 4 is 18.0 Å². The van der Waals surface area contributed by atoms with Crippen molar-refractivity contribution in [3.63, 3.8) is 0 Å². The van der Waals surface area contributed by atoms with Crippen molar-refractivity contribution in [3.05, 3.63) is 41.5 Å². The summed E-state index contributed by atoms with van der Waals surface area (Å²) in [4.78, 5) is 24.6. The Morgan fingerprint density at radius 1 is 1.29 bits per heavy atom. The molecule has 0 aromatic heterocycles. The number of carbonyl (C=O) groups excluding carboxylic acids is 1. The Balaban J connectivity index is 2.09. The highest BCUT2D eigenvalue weighted by Crippen LogP contribution is 2.22. The fourth-order valence-corrected chi connectivity index (χ4v) is 2.32. The van der Waals surface area contributed by atoms with Gasteiger partial charge >= 0.3 is 5.97 Å². The van der Waals surface area contributed by atoms with Crippen molar-refractivity contribution in [1.29, 1.82) is 0 Å². The van der Waals surface area contributed by atoms with Crippen molar-refractivity contribution in [1.82, 2.24) is 4.90 Å². The van der Waals surface area contributed by atoms with Crippen LogP contribution < -0.4 is 0 Å². The maximum Gasteiger partial charge on any atom is 0.328 e. The first kappa shape index (κ1) is 15.3. The number of amides is 1. The number of aliphatic hydroxyl groups is 1. The average molecular weight is 289 g/mol. The van der Waals surface area contributed by atoms with E-state index in [1.807, 2.05) is 0 Å². The van der Waals surface area contributed by atoms with Gasteiger partial charge in [-0.15, -0.1) is 0 Å². The van der Waals surface area contributed by atoms with Crippen LogP contribution >= 0.6 is 0 Å². The van der Waals surface area contributed by atoms with E-state index in [0.29, 0.717) is 37.1 Å². The van der Waals surface area contributed by atoms with E-state index < -0.39 is 11.6 Å². The van der Waals surface area contributed by atoms with Gasteiger partial charge in [0.05, 0.1) is 5.60 Å². The summed E-state index contributed by atoms with van der Waals surface area (Å²) in [7, 11) is 0. The number of piperidine rings is 1. The van der Waals surface area contributed by atoms with Crippen LogP contribution in [0.1, 0.15) is 35.7 Å². The minimum Gasteiger partial charge on any atom is -0.478 e. The molecule has 1 aliphatic rings. The van der Waals surface area contributed by atoms with E-state index >= 15 is 0 Å². The Labute approximate surface area is 123 Å². The van der Waals surface area contributed by atoms with Crippen molar-refractivity contribution < 1.29 is 19.8 Å². The van der Waals surface area contributed by atoms with Gasteiger partial charge in [0.1, 0.15) is 0 Å².